The zero-order valence-electron chi connectivity index (χ0n) is 18.0. The van der Waals surface area contributed by atoms with E-state index in [0.717, 1.165) is 22.9 Å². The van der Waals surface area contributed by atoms with E-state index in [1.54, 1.807) is 24.3 Å². The lowest BCUT2D eigenvalue weighted by Crippen LogP contribution is -2.22. The number of rotatable bonds is 6. The first-order valence-corrected chi connectivity index (χ1v) is 12.8. The number of sulfone groups is 1. The molecule has 0 fully saturated rings. The van der Waals surface area contributed by atoms with Gasteiger partial charge in [-0.25, -0.2) is 17.8 Å². The van der Waals surface area contributed by atoms with E-state index in [2.05, 4.69) is 10.3 Å². The molecule has 0 saturated carbocycles. The Bertz CT molecular complexity index is 1390. The number of carbonyl (C=O) groups excluding carboxylic acids is 1. The highest BCUT2D eigenvalue weighted by molar-refractivity contribution is 7.90. The Morgan fingerprint density at radius 1 is 0.939 bits per heavy atom. The number of hydrogen-bond acceptors (Lipinski definition) is 5. The number of aromatic nitrogens is 1. The quantitative estimate of drug-likeness (QED) is 0.409. The summed E-state index contributed by atoms with van der Waals surface area (Å²) in [5, 5.41) is 3.15. The molecule has 0 aliphatic heterocycles. The Kier molecular flexibility index (Phi) is 6.40. The number of amides is 1. The van der Waals surface area contributed by atoms with Crippen molar-refractivity contribution in [3.05, 3.63) is 94.7 Å². The summed E-state index contributed by atoms with van der Waals surface area (Å²) in [6.45, 7) is 2.36. The smallest absolute Gasteiger partial charge is 0.280 e. The summed E-state index contributed by atoms with van der Waals surface area (Å²) >= 11 is 1.20. The Balaban J connectivity index is 1.68. The Morgan fingerprint density at radius 3 is 2.15 bits per heavy atom. The lowest BCUT2D eigenvalue weighted by molar-refractivity contribution is 0.0950. The van der Waals surface area contributed by atoms with Crippen LogP contribution in [0.5, 0.6) is 0 Å². The van der Waals surface area contributed by atoms with E-state index in [1.165, 1.54) is 35.6 Å². The van der Waals surface area contributed by atoms with E-state index < -0.39 is 9.84 Å². The summed E-state index contributed by atoms with van der Waals surface area (Å²) in [7, 11) is -3.33. The van der Waals surface area contributed by atoms with E-state index in [4.69, 9.17) is 0 Å². The number of thiazole rings is 1. The van der Waals surface area contributed by atoms with E-state index in [-0.39, 0.29) is 21.6 Å². The van der Waals surface area contributed by atoms with Crippen molar-refractivity contribution in [1.29, 1.82) is 0 Å². The van der Waals surface area contributed by atoms with Crippen LogP contribution in [0.25, 0.3) is 21.7 Å². The highest BCUT2D eigenvalue weighted by atomic mass is 32.2. The minimum absolute atomic E-state index is 0.204. The van der Waals surface area contributed by atoms with Crippen molar-refractivity contribution >= 4 is 27.1 Å². The minimum atomic E-state index is -3.33. The lowest BCUT2D eigenvalue weighted by atomic mass is 10.1. The summed E-state index contributed by atoms with van der Waals surface area (Å²) in [6, 6.07) is 20.2. The van der Waals surface area contributed by atoms with Gasteiger partial charge in [0, 0.05) is 18.4 Å². The number of nitrogens with zero attached hydrogens (tertiary/aromatic N) is 1. The molecule has 3 aromatic carbocycles. The maximum atomic E-state index is 13.5. The third-order valence-corrected chi connectivity index (χ3v) is 7.29. The summed E-state index contributed by atoms with van der Waals surface area (Å²) in [6.07, 6.45) is 1.15. The Morgan fingerprint density at radius 2 is 1.55 bits per heavy atom. The SMILES string of the molecule is Cc1ccc(CNC(=O)c2nc(-c3ccc(F)cc3)c(-c3ccc(S(C)(=O)=O)cc3)s2)cc1. The van der Waals surface area contributed by atoms with Crippen LogP contribution in [0.2, 0.25) is 0 Å². The zero-order valence-corrected chi connectivity index (χ0v) is 19.6. The highest BCUT2D eigenvalue weighted by Crippen LogP contribution is 2.37. The monoisotopic (exact) mass is 480 g/mol. The molecular formula is C25H21FN2O3S2. The van der Waals surface area contributed by atoms with Crippen molar-refractivity contribution in [3.8, 4) is 21.7 Å². The first-order valence-electron chi connectivity index (χ1n) is 10.1. The topological polar surface area (TPSA) is 76.1 Å². The van der Waals surface area contributed by atoms with Crippen LogP contribution in [0.4, 0.5) is 4.39 Å². The number of hydrogen-bond donors (Lipinski definition) is 1. The van der Waals surface area contributed by atoms with Gasteiger partial charge < -0.3 is 5.32 Å². The molecule has 4 rings (SSSR count). The van der Waals surface area contributed by atoms with Gasteiger partial charge in [-0.3, -0.25) is 4.79 Å². The van der Waals surface area contributed by atoms with Crippen LogP contribution < -0.4 is 5.32 Å². The molecule has 0 atom stereocenters. The number of nitrogens with one attached hydrogen (secondary N) is 1. The van der Waals surface area contributed by atoms with Crippen molar-refractivity contribution in [2.45, 2.75) is 18.4 Å². The number of halogens is 1. The van der Waals surface area contributed by atoms with Gasteiger partial charge in [0.1, 0.15) is 5.82 Å². The summed E-state index contributed by atoms with van der Waals surface area (Å²) in [5.41, 5.74) is 4.03. The van der Waals surface area contributed by atoms with E-state index in [1.807, 2.05) is 31.2 Å². The van der Waals surface area contributed by atoms with Crippen LogP contribution in [0, 0.1) is 12.7 Å². The molecule has 33 heavy (non-hydrogen) atoms. The highest BCUT2D eigenvalue weighted by Gasteiger charge is 2.20. The van der Waals surface area contributed by atoms with Gasteiger partial charge in [0.05, 0.1) is 15.5 Å². The van der Waals surface area contributed by atoms with Crippen molar-refractivity contribution in [1.82, 2.24) is 10.3 Å². The van der Waals surface area contributed by atoms with Gasteiger partial charge in [-0.2, -0.15) is 0 Å². The number of carbonyl (C=O) groups is 1. The van der Waals surface area contributed by atoms with E-state index >= 15 is 0 Å². The van der Waals surface area contributed by atoms with Crippen molar-refractivity contribution < 1.29 is 17.6 Å². The summed E-state index contributed by atoms with van der Waals surface area (Å²) in [5.74, 6) is -0.688. The van der Waals surface area contributed by atoms with Gasteiger partial charge in [-0.05, 0) is 54.4 Å². The molecular weight excluding hydrogens is 459 g/mol. The van der Waals surface area contributed by atoms with Crippen LogP contribution in [0.15, 0.2) is 77.7 Å². The van der Waals surface area contributed by atoms with Crippen LogP contribution >= 0.6 is 11.3 Å². The molecule has 0 unspecified atom stereocenters. The molecule has 8 heteroatoms. The fraction of sp³-hybridized carbons (Fsp3) is 0.120. The second-order valence-corrected chi connectivity index (χ2v) is 10.7. The molecule has 1 amide bonds. The third-order valence-electron chi connectivity index (χ3n) is 5.06. The molecule has 4 aromatic rings. The van der Waals surface area contributed by atoms with Gasteiger partial charge in [0.2, 0.25) is 0 Å². The van der Waals surface area contributed by atoms with Gasteiger partial charge in [-0.15, -0.1) is 11.3 Å². The largest absolute Gasteiger partial charge is 0.346 e. The first kappa shape index (κ1) is 22.8. The fourth-order valence-corrected chi connectivity index (χ4v) is 4.87. The molecule has 1 heterocycles. The second-order valence-electron chi connectivity index (χ2n) is 7.67. The summed E-state index contributed by atoms with van der Waals surface area (Å²) < 4.78 is 37.1. The van der Waals surface area contributed by atoms with E-state index in [0.29, 0.717) is 22.7 Å². The van der Waals surface area contributed by atoms with Gasteiger partial charge in [-0.1, -0.05) is 42.0 Å². The van der Waals surface area contributed by atoms with Crippen LogP contribution in [0.1, 0.15) is 20.9 Å². The molecule has 0 aliphatic carbocycles. The third kappa shape index (κ3) is 5.35. The second kappa shape index (κ2) is 9.25. The van der Waals surface area contributed by atoms with Gasteiger partial charge in [0.15, 0.2) is 14.8 Å². The fourth-order valence-electron chi connectivity index (χ4n) is 3.23. The van der Waals surface area contributed by atoms with E-state index in [9.17, 15) is 17.6 Å². The molecule has 0 saturated heterocycles. The Hall–Kier alpha value is -3.36. The predicted octanol–water partition coefficient (Wildman–Crippen LogP) is 5.26. The molecule has 0 aliphatic rings. The maximum absolute atomic E-state index is 13.5. The number of aryl methyl sites for hydroxylation is 1. The molecule has 5 nitrogen and oxygen atoms in total. The molecule has 168 valence electrons. The molecule has 0 radical (unpaired) electrons. The van der Waals surface area contributed by atoms with Crippen LogP contribution in [-0.4, -0.2) is 25.6 Å². The van der Waals surface area contributed by atoms with Crippen LogP contribution in [-0.2, 0) is 16.4 Å². The normalized spacial score (nSPS) is 11.4. The van der Waals surface area contributed by atoms with Crippen molar-refractivity contribution in [2.75, 3.05) is 6.26 Å². The van der Waals surface area contributed by atoms with Crippen molar-refractivity contribution in [3.63, 3.8) is 0 Å². The van der Waals surface area contributed by atoms with Gasteiger partial charge >= 0.3 is 0 Å². The molecule has 1 aromatic heterocycles. The summed E-state index contributed by atoms with van der Waals surface area (Å²) in [4.78, 5) is 18.3. The lowest BCUT2D eigenvalue weighted by Gasteiger charge is -2.04. The van der Waals surface area contributed by atoms with Crippen LogP contribution in [0.3, 0.4) is 0 Å². The predicted molar refractivity (Wildman–Crippen MR) is 128 cm³/mol. The standard InChI is InChI=1S/C25H21FN2O3S2/c1-16-3-5-17(6-4-16)15-27-24(29)25-28-22(18-7-11-20(26)12-8-18)23(32-25)19-9-13-21(14-10-19)33(2,30)31/h3-14H,15H2,1-2H3,(H,27,29). The molecule has 0 bridgehead atoms. The zero-order chi connectivity index (χ0) is 23.6. The number of benzene rings is 3. The van der Waals surface area contributed by atoms with Crippen molar-refractivity contribution in [2.24, 2.45) is 0 Å². The average Bonchev–Trinajstić information content (AvgIpc) is 3.24. The maximum Gasteiger partial charge on any atom is 0.280 e. The first-order chi connectivity index (χ1) is 15.7. The average molecular weight is 481 g/mol. The van der Waals surface area contributed by atoms with Gasteiger partial charge in [0.25, 0.3) is 5.91 Å². The minimum Gasteiger partial charge on any atom is -0.346 e. The Labute approximate surface area is 195 Å². The molecule has 1 N–H and O–H groups in total. The molecule has 0 spiro atoms.